The Bertz CT molecular complexity index is 396. The molecule has 0 heterocycles. The maximum absolute atomic E-state index is 10.4. The van der Waals surface area contributed by atoms with Crippen LogP contribution in [0.15, 0.2) is 24.3 Å². The molecular weight excluding hydrogens is 188 g/mol. The van der Waals surface area contributed by atoms with Crippen LogP contribution in [0.2, 0.25) is 0 Å². The summed E-state index contributed by atoms with van der Waals surface area (Å²) in [4.78, 5) is 12.5. The zero-order chi connectivity index (χ0) is 11.3. The maximum atomic E-state index is 10.4. The molecule has 3 heteroatoms. The van der Waals surface area contributed by atoms with Crippen LogP contribution in [-0.4, -0.2) is 20.0 Å². The molecule has 2 N–H and O–H groups in total. The van der Waals surface area contributed by atoms with Crippen molar-refractivity contribution in [1.29, 1.82) is 0 Å². The molecule has 0 aliphatic carbocycles. The highest BCUT2D eigenvalue weighted by atomic mass is 16.1. The van der Waals surface area contributed by atoms with E-state index in [9.17, 15) is 4.79 Å². The summed E-state index contributed by atoms with van der Waals surface area (Å²) < 4.78 is 0. The zero-order valence-corrected chi connectivity index (χ0v) is 8.95. The fourth-order valence-corrected chi connectivity index (χ4v) is 1.08. The molecule has 0 saturated carbocycles. The number of benzene rings is 1. The first-order chi connectivity index (χ1) is 7.09. The van der Waals surface area contributed by atoms with Gasteiger partial charge in [-0.2, -0.15) is 0 Å². The standard InChI is InChI=1S/C12H14N2O/c1-14(2)11-8-6-10(7-9-11)4-3-5-12(13)15/h6-9H,5H2,1-2H3,(H2,13,15). The van der Waals surface area contributed by atoms with Gasteiger partial charge in [-0.15, -0.1) is 0 Å². The van der Waals surface area contributed by atoms with Gasteiger partial charge in [-0.1, -0.05) is 11.8 Å². The Morgan fingerprint density at radius 2 is 1.93 bits per heavy atom. The highest BCUT2D eigenvalue weighted by Crippen LogP contribution is 2.11. The van der Waals surface area contributed by atoms with Crippen LogP contribution >= 0.6 is 0 Å². The third-order valence-corrected chi connectivity index (χ3v) is 1.88. The highest BCUT2D eigenvalue weighted by molar-refractivity contribution is 5.76. The Morgan fingerprint density at radius 1 is 1.33 bits per heavy atom. The summed E-state index contributed by atoms with van der Waals surface area (Å²) in [7, 11) is 3.96. The molecule has 0 radical (unpaired) electrons. The van der Waals surface area contributed by atoms with Crippen LogP contribution < -0.4 is 10.6 Å². The van der Waals surface area contributed by atoms with Crippen molar-refractivity contribution < 1.29 is 4.79 Å². The molecule has 0 saturated heterocycles. The quantitative estimate of drug-likeness (QED) is 0.727. The topological polar surface area (TPSA) is 46.3 Å². The molecular formula is C12H14N2O. The third kappa shape index (κ3) is 3.74. The molecule has 0 aliphatic rings. The van der Waals surface area contributed by atoms with E-state index in [4.69, 9.17) is 5.73 Å². The Balaban J connectivity index is 2.71. The Hall–Kier alpha value is -1.95. The first-order valence-corrected chi connectivity index (χ1v) is 4.64. The van der Waals surface area contributed by atoms with Crippen molar-refractivity contribution in [3.63, 3.8) is 0 Å². The van der Waals surface area contributed by atoms with Crippen LogP contribution in [-0.2, 0) is 4.79 Å². The van der Waals surface area contributed by atoms with Crippen LogP contribution in [0.5, 0.6) is 0 Å². The number of nitrogens with zero attached hydrogens (tertiary/aromatic N) is 1. The fraction of sp³-hybridized carbons (Fsp3) is 0.250. The summed E-state index contributed by atoms with van der Waals surface area (Å²) in [6.45, 7) is 0. The van der Waals surface area contributed by atoms with Crippen molar-refractivity contribution in [3.8, 4) is 11.8 Å². The van der Waals surface area contributed by atoms with E-state index in [1.54, 1.807) is 0 Å². The average molecular weight is 202 g/mol. The first kappa shape index (κ1) is 11.1. The Labute approximate surface area is 89.9 Å². The number of carbonyl (C=O) groups is 1. The van der Waals surface area contributed by atoms with Gasteiger partial charge in [-0.3, -0.25) is 4.79 Å². The summed E-state index contributed by atoms with van der Waals surface area (Å²) >= 11 is 0. The Kier molecular flexibility index (Phi) is 3.75. The predicted molar refractivity (Wildman–Crippen MR) is 61.5 cm³/mol. The van der Waals surface area contributed by atoms with E-state index in [1.165, 1.54) is 0 Å². The predicted octanol–water partition coefficient (Wildman–Crippen LogP) is 0.979. The van der Waals surface area contributed by atoms with Crippen molar-refractivity contribution in [2.75, 3.05) is 19.0 Å². The van der Waals surface area contributed by atoms with Gasteiger partial charge in [-0.05, 0) is 24.3 Å². The molecule has 1 rings (SSSR count). The summed E-state index contributed by atoms with van der Waals surface area (Å²) in [6.07, 6.45) is 0.107. The van der Waals surface area contributed by atoms with Gasteiger partial charge in [0.15, 0.2) is 0 Å². The highest BCUT2D eigenvalue weighted by Gasteiger charge is 1.93. The number of rotatable bonds is 2. The largest absolute Gasteiger partial charge is 0.378 e. The number of anilines is 1. The molecule has 0 aliphatic heterocycles. The second-order valence-corrected chi connectivity index (χ2v) is 3.39. The van der Waals surface area contributed by atoms with Crippen LogP contribution in [0.3, 0.4) is 0 Å². The lowest BCUT2D eigenvalue weighted by Crippen LogP contribution is -2.08. The minimum atomic E-state index is -0.396. The Morgan fingerprint density at radius 3 is 2.40 bits per heavy atom. The van der Waals surface area contributed by atoms with Gasteiger partial charge in [-0.25, -0.2) is 0 Å². The molecule has 3 nitrogen and oxygen atoms in total. The minimum Gasteiger partial charge on any atom is -0.378 e. The van der Waals surface area contributed by atoms with E-state index in [-0.39, 0.29) is 6.42 Å². The summed E-state index contributed by atoms with van der Waals surface area (Å²) in [5.74, 6) is 5.19. The van der Waals surface area contributed by atoms with Gasteiger partial charge < -0.3 is 10.6 Å². The summed E-state index contributed by atoms with van der Waals surface area (Å²) in [5, 5.41) is 0. The second kappa shape index (κ2) is 5.06. The van der Waals surface area contributed by atoms with Crippen molar-refractivity contribution in [3.05, 3.63) is 29.8 Å². The molecule has 0 fully saturated rings. The maximum Gasteiger partial charge on any atom is 0.229 e. The molecule has 0 unspecified atom stereocenters. The molecule has 0 atom stereocenters. The van der Waals surface area contributed by atoms with Gasteiger partial charge in [0.25, 0.3) is 0 Å². The van der Waals surface area contributed by atoms with Gasteiger partial charge in [0, 0.05) is 25.3 Å². The number of hydrogen-bond acceptors (Lipinski definition) is 2. The molecule has 15 heavy (non-hydrogen) atoms. The SMILES string of the molecule is CN(C)c1ccc(C#CCC(N)=O)cc1. The third-order valence-electron chi connectivity index (χ3n) is 1.88. The van der Waals surface area contributed by atoms with E-state index in [0.717, 1.165) is 11.3 Å². The number of hydrogen-bond donors (Lipinski definition) is 1. The van der Waals surface area contributed by atoms with Gasteiger partial charge in [0.1, 0.15) is 0 Å². The van der Waals surface area contributed by atoms with E-state index in [0.29, 0.717) is 0 Å². The monoisotopic (exact) mass is 202 g/mol. The molecule has 78 valence electrons. The van der Waals surface area contributed by atoms with Crippen molar-refractivity contribution in [1.82, 2.24) is 0 Å². The lowest BCUT2D eigenvalue weighted by Gasteiger charge is -2.11. The molecule has 1 aromatic carbocycles. The fourth-order valence-electron chi connectivity index (χ4n) is 1.08. The van der Waals surface area contributed by atoms with Crippen LogP contribution in [0.25, 0.3) is 0 Å². The van der Waals surface area contributed by atoms with Crippen molar-refractivity contribution >= 4 is 11.6 Å². The zero-order valence-electron chi connectivity index (χ0n) is 8.95. The number of primary amides is 1. The smallest absolute Gasteiger partial charge is 0.229 e. The molecule has 0 aromatic heterocycles. The molecule has 0 spiro atoms. The summed E-state index contributed by atoms with van der Waals surface area (Å²) in [5.41, 5.74) is 6.98. The van der Waals surface area contributed by atoms with Gasteiger partial charge in [0.05, 0.1) is 6.42 Å². The van der Waals surface area contributed by atoms with Gasteiger partial charge >= 0.3 is 0 Å². The minimum absolute atomic E-state index is 0.107. The number of amides is 1. The number of carbonyl (C=O) groups excluding carboxylic acids is 1. The molecule has 1 amide bonds. The van der Waals surface area contributed by atoms with E-state index < -0.39 is 5.91 Å². The van der Waals surface area contributed by atoms with E-state index in [1.807, 2.05) is 43.3 Å². The van der Waals surface area contributed by atoms with E-state index in [2.05, 4.69) is 11.8 Å². The average Bonchev–Trinajstić information content (AvgIpc) is 2.18. The van der Waals surface area contributed by atoms with Crippen molar-refractivity contribution in [2.24, 2.45) is 5.73 Å². The molecule has 0 bridgehead atoms. The first-order valence-electron chi connectivity index (χ1n) is 4.64. The molecule has 1 aromatic rings. The number of nitrogens with two attached hydrogens (primary N) is 1. The second-order valence-electron chi connectivity index (χ2n) is 3.39. The van der Waals surface area contributed by atoms with Gasteiger partial charge in [0.2, 0.25) is 5.91 Å². The summed E-state index contributed by atoms with van der Waals surface area (Å²) in [6, 6.07) is 7.80. The van der Waals surface area contributed by atoms with Crippen molar-refractivity contribution in [2.45, 2.75) is 6.42 Å². The van der Waals surface area contributed by atoms with Crippen LogP contribution in [0.1, 0.15) is 12.0 Å². The van der Waals surface area contributed by atoms with Crippen LogP contribution in [0, 0.1) is 11.8 Å². The van der Waals surface area contributed by atoms with Crippen LogP contribution in [0.4, 0.5) is 5.69 Å². The lowest BCUT2D eigenvalue weighted by atomic mass is 10.2. The normalized spacial score (nSPS) is 8.93. The lowest BCUT2D eigenvalue weighted by molar-refractivity contribution is -0.117. The van der Waals surface area contributed by atoms with E-state index >= 15 is 0 Å².